The number of rotatable bonds is 7. The van der Waals surface area contributed by atoms with Gasteiger partial charge in [-0.25, -0.2) is 0 Å². The average Bonchev–Trinajstić information content (AvgIpc) is 3.82. The molecule has 0 N–H and O–H groups in total. The molecular formula is C53H30N8. The standard InChI is InChI=1S/C53H30N8/c1-3-59-21-20-33(2)45-27-52(60-48-10-6-4-8-43(48)46-24-36(14-18-50(46)60)41-16-12-34(28-54)22-38(41)30-56)40(32-58)26-53(45)61-49-11-7-5-9-44(49)47-25-37(15-19-51(47)61)42-17-13-35(29-55)23-39(42)31-57/h3-27H,2H2,1H3/b21-20-,59-3?. The van der Waals surface area contributed by atoms with Crippen molar-refractivity contribution in [2.45, 2.75) is 6.92 Å². The summed E-state index contributed by atoms with van der Waals surface area (Å²) < 4.78 is 4.26. The van der Waals surface area contributed by atoms with Crippen LogP contribution in [-0.4, -0.2) is 15.3 Å². The number of benzene rings is 7. The summed E-state index contributed by atoms with van der Waals surface area (Å²) in [6.07, 6.45) is 5.26. The minimum Gasteiger partial charge on any atom is -0.309 e. The van der Waals surface area contributed by atoms with Crippen molar-refractivity contribution in [3.05, 3.63) is 186 Å². The van der Waals surface area contributed by atoms with Crippen LogP contribution < -0.4 is 0 Å². The van der Waals surface area contributed by atoms with E-state index in [1.807, 2.05) is 91.9 Å². The van der Waals surface area contributed by atoms with E-state index in [-0.39, 0.29) is 0 Å². The second-order valence-electron chi connectivity index (χ2n) is 14.4. The van der Waals surface area contributed by atoms with Gasteiger partial charge in [0.2, 0.25) is 0 Å². The number of nitriles is 5. The molecule has 282 valence electrons. The predicted molar refractivity (Wildman–Crippen MR) is 242 cm³/mol. The van der Waals surface area contributed by atoms with Crippen molar-refractivity contribution in [1.82, 2.24) is 9.13 Å². The van der Waals surface area contributed by atoms with Crippen LogP contribution in [0.25, 0.3) is 82.8 Å². The van der Waals surface area contributed by atoms with Crippen LogP contribution in [0.15, 0.2) is 157 Å². The normalized spacial score (nSPS) is 11.2. The second kappa shape index (κ2) is 15.2. The summed E-state index contributed by atoms with van der Waals surface area (Å²) in [5.74, 6) is 0. The van der Waals surface area contributed by atoms with Crippen molar-refractivity contribution in [3.63, 3.8) is 0 Å². The molecule has 0 aliphatic rings. The highest BCUT2D eigenvalue weighted by Crippen LogP contribution is 2.41. The van der Waals surface area contributed by atoms with Crippen LogP contribution in [0.5, 0.6) is 0 Å². The summed E-state index contributed by atoms with van der Waals surface area (Å²) in [4.78, 5) is 4.33. The molecule has 7 aromatic carbocycles. The Labute approximate surface area is 351 Å². The van der Waals surface area contributed by atoms with Gasteiger partial charge in [0.15, 0.2) is 0 Å². The van der Waals surface area contributed by atoms with Crippen molar-refractivity contribution in [2.24, 2.45) is 4.99 Å². The molecule has 2 heterocycles. The van der Waals surface area contributed by atoms with Gasteiger partial charge in [0.1, 0.15) is 6.07 Å². The molecule has 61 heavy (non-hydrogen) atoms. The van der Waals surface area contributed by atoms with Crippen LogP contribution in [0, 0.1) is 56.7 Å². The minimum absolute atomic E-state index is 0.413. The van der Waals surface area contributed by atoms with Gasteiger partial charge in [-0.05, 0) is 114 Å². The maximum atomic E-state index is 11.0. The van der Waals surface area contributed by atoms with Gasteiger partial charge in [0, 0.05) is 39.5 Å². The third-order valence-corrected chi connectivity index (χ3v) is 11.1. The largest absolute Gasteiger partial charge is 0.309 e. The highest BCUT2D eigenvalue weighted by Gasteiger charge is 2.22. The van der Waals surface area contributed by atoms with Gasteiger partial charge in [-0.15, -0.1) is 0 Å². The molecule has 0 amide bonds. The molecule has 0 atom stereocenters. The Morgan fingerprint density at radius 1 is 0.508 bits per heavy atom. The first kappa shape index (κ1) is 37.3. The first-order valence-corrected chi connectivity index (χ1v) is 19.3. The Hall–Kier alpha value is -9.26. The third-order valence-electron chi connectivity index (χ3n) is 11.1. The quantitative estimate of drug-likeness (QED) is 0.117. The minimum atomic E-state index is 0.413. The van der Waals surface area contributed by atoms with Gasteiger partial charge in [-0.2, -0.15) is 26.3 Å². The van der Waals surface area contributed by atoms with Crippen molar-refractivity contribution in [2.75, 3.05) is 0 Å². The maximum absolute atomic E-state index is 11.0. The molecular weight excluding hydrogens is 749 g/mol. The fraction of sp³-hybridized carbons (Fsp3) is 0.0189. The number of hydrogen-bond acceptors (Lipinski definition) is 6. The molecule has 0 radical (unpaired) electrons. The zero-order chi connectivity index (χ0) is 42.2. The molecule has 0 saturated heterocycles. The molecule has 0 unspecified atom stereocenters. The van der Waals surface area contributed by atoms with E-state index < -0.39 is 0 Å². The predicted octanol–water partition coefficient (Wildman–Crippen LogP) is 12.2. The molecule has 0 spiro atoms. The van der Waals surface area contributed by atoms with Crippen LogP contribution >= 0.6 is 0 Å². The van der Waals surface area contributed by atoms with Crippen LogP contribution in [0.4, 0.5) is 0 Å². The summed E-state index contributed by atoms with van der Waals surface area (Å²) in [6.45, 7) is 6.37. The van der Waals surface area contributed by atoms with Crippen molar-refractivity contribution in [1.29, 1.82) is 26.3 Å². The first-order chi connectivity index (χ1) is 29.9. The summed E-state index contributed by atoms with van der Waals surface area (Å²) in [5, 5.41) is 53.8. The SMILES string of the molecule is C=C(/C=C\N=CC)c1cc(-n2c3ccccc3c3cc(-c4ccc(C#N)cc4C#N)ccc32)c(C#N)cc1-n1c2ccccc2c2cc(-c3ccc(C#N)cc3C#N)ccc21. The van der Waals surface area contributed by atoms with Crippen molar-refractivity contribution in [3.8, 4) is 64.0 Å². The molecule has 8 nitrogen and oxygen atoms in total. The van der Waals surface area contributed by atoms with Gasteiger partial charge in [0.25, 0.3) is 0 Å². The van der Waals surface area contributed by atoms with Crippen molar-refractivity contribution < 1.29 is 0 Å². The van der Waals surface area contributed by atoms with E-state index in [1.54, 1.807) is 36.7 Å². The average molecular weight is 779 g/mol. The number of fused-ring (bicyclic) bond motifs is 6. The Morgan fingerprint density at radius 2 is 1.00 bits per heavy atom. The highest BCUT2D eigenvalue weighted by atomic mass is 15.0. The van der Waals surface area contributed by atoms with E-state index in [2.05, 4.69) is 81.4 Å². The lowest BCUT2D eigenvalue weighted by Crippen LogP contribution is -2.05. The lowest BCUT2D eigenvalue weighted by Gasteiger charge is -2.19. The topological polar surface area (TPSA) is 141 Å². The lowest BCUT2D eigenvalue weighted by atomic mass is 9.97. The van der Waals surface area contributed by atoms with Crippen LogP contribution in [0.1, 0.15) is 40.3 Å². The molecule has 0 saturated carbocycles. The molecule has 0 aliphatic carbocycles. The number of hydrogen-bond donors (Lipinski definition) is 0. The summed E-state index contributed by atoms with van der Waals surface area (Å²) in [7, 11) is 0. The summed E-state index contributed by atoms with van der Waals surface area (Å²) >= 11 is 0. The third kappa shape index (κ3) is 6.17. The fourth-order valence-electron chi connectivity index (χ4n) is 8.32. The van der Waals surface area contributed by atoms with E-state index in [9.17, 15) is 26.3 Å². The number of aromatic nitrogens is 2. The van der Waals surface area contributed by atoms with E-state index in [1.165, 1.54) is 0 Å². The van der Waals surface area contributed by atoms with Gasteiger partial charge < -0.3 is 9.13 Å². The number of para-hydroxylation sites is 2. The van der Waals surface area contributed by atoms with Gasteiger partial charge >= 0.3 is 0 Å². The highest BCUT2D eigenvalue weighted by molar-refractivity contribution is 6.12. The maximum Gasteiger partial charge on any atom is 0.101 e. The van der Waals surface area contributed by atoms with E-state index >= 15 is 0 Å². The summed E-state index contributed by atoms with van der Waals surface area (Å²) in [5.41, 5.74) is 11.7. The van der Waals surface area contributed by atoms with Gasteiger partial charge in [-0.3, -0.25) is 4.99 Å². The smallest absolute Gasteiger partial charge is 0.101 e. The Balaban J connectivity index is 1.30. The molecule has 9 aromatic rings. The summed E-state index contributed by atoms with van der Waals surface area (Å²) in [6, 6.07) is 53.8. The fourth-order valence-corrected chi connectivity index (χ4v) is 8.32. The number of nitrogens with zero attached hydrogens (tertiary/aromatic N) is 8. The monoisotopic (exact) mass is 778 g/mol. The number of allylic oxidation sites excluding steroid dienone is 2. The Morgan fingerprint density at radius 3 is 1.49 bits per heavy atom. The van der Waals surface area contributed by atoms with Crippen LogP contribution in [-0.2, 0) is 0 Å². The molecule has 0 bridgehead atoms. The Bertz CT molecular complexity index is 3630. The van der Waals surface area contributed by atoms with Crippen LogP contribution in [0.2, 0.25) is 0 Å². The number of aliphatic imine (C=N–C) groups is 1. The molecule has 9 rings (SSSR count). The molecule has 0 fully saturated rings. The first-order valence-electron chi connectivity index (χ1n) is 19.3. The molecule has 8 heteroatoms. The van der Waals surface area contributed by atoms with E-state index in [0.29, 0.717) is 39.1 Å². The van der Waals surface area contributed by atoms with Gasteiger partial charge in [-0.1, -0.05) is 67.2 Å². The second-order valence-corrected chi connectivity index (χ2v) is 14.4. The Kier molecular flexibility index (Phi) is 9.33. The van der Waals surface area contributed by atoms with E-state index in [0.717, 1.165) is 77.1 Å². The zero-order valence-electron chi connectivity index (χ0n) is 32.7. The molecule has 2 aromatic heterocycles. The van der Waals surface area contributed by atoms with Crippen molar-refractivity contribution >= 4 is 55.4 Å². The van der Waals surface area contributed by atoms with Gasteiger partial charge in [0.05, 0.1) is 85.5 Å². The lowest BCUT2D eigenvalue weighted by molar-refractivity contribution is 1.13. The van der Waals surface area contributed by atoms with E-state index in [4.69, 9.17) is 0 Å². The van der Waals surface area contributed by atoms with Crippen LogP contribution in [0.3, 0.4) is 0 Å². The zero-order valence-corrected chi connectivity index (χ0v) is 32.7. The molecule has 0 aliphatic heterocycles.